The van der Waals surface area contributed by atoms with Gasteiger partial charge in [0.15, 0.2) is 0 Å². The number of rotatable bonds is 3. The number of urea groups is 1. The van der Waals surface area contributed by atoms with E-state index in [2.05, 4.69) is 21.3 Å². The molecule has 0 bridgehead atoms. The van der Waals surface area contributed by atoms with Crippen LogP contribution < -0.4 is 10.1 Å². The molecule has 1 atom stereocenters. The summed E-state index contributed by atoms with van der Waals surface area (Å²) >= 11 is 0. The van der Waals surface area contributed by atoms with Crippen molar-refractivity contribution in [1.29, 1.82) is 0 Å². The van der Waals surface area contributed by atoms with Gasteiger partial charge in [-0.2, -0.15) is 0 Å². The Morgan fingerprint density at radius 1 is 1.41 bits per heavy atom. The summed E-state index contributed by atoms with van der Waals surface area (Å²) in [4.78, 5) is 20.0. The number of likely N-dealkylation sites (tertiary alicyclic amines) is 1. The number of nitrogens with one attached hydrogen (secondary N) is 2. The third kappa shape index (κ3) is 2.76. The van der Waals surface area contributed by atoms with Gasteiger partial charge in [-0.15, -0.1) is 0 Å². The van der Waals surface area contributed by atoms with E-state index < -0.39 is 0 Å². The number of benzene rings is 1. The van der Waals surface area contributed by atoms with Crippen LogP contribution in [0.5, 0.6) is 5.75 Å². The number of carbonyl (C=O) groups excluding carboxylic acids is 1. The summed E-state index contributed by atoms with van der Waals surface area (Å²) in [6.45, 7) is 6.18. The monoisotopic (exact) mass is 372 g/mol. The molecule has 2 aliphatic rings. The third-order valence-electron chi connectivity index (χ3n) is 5.84. The van der Waals surface area contributed by atoms with E-state index in [0.717, 1.165) is 28.9 Å². The van der Waals surface area contributed by atoms with E-state index >= 15 is 0 Å². The maximum absolute atomic E-state index is 12.4. The normalized spacial score (nSPS) is 21.4. The number of hydrogen-bond donors (Lipinski definition) is 3. The van der Waals surface area contributed by atoms with Crippen molar-refractivity contribution in [2.75, 3.05) is 40.4 Å². The van der Waals surface area contributed by atoms with E-state index in [1.54, 1.807) is 7.11 Å². The Morgan fingerprint density at radius 3 is 2.78 bits per heavy atom. The minimum absolute atomic E-state index is 0.00868. The van der Waals surface area contributed by atoms with Crippen molar-refractivity contribution in [3.63, 3.8) is 0 Å². The van der Waals surface area contributed by atoms with Crippen molar-refractivity contribution in [1.82, 2.24) is 20.1 Å². The Bertz CT molecular complexity index is 869. The first-order valence-corrected chi connectivity index (χ1v) is 9.45. The quantitative estimate of drug-likeness (QED) is 0.768. The van der Waals surface area contributed by atoms with Crippen molar-refractivity contribution < 1.29 is 14.6 Å². The lowest BCUT2D eigenvalue weighted by molar-refractivity contribution is 0.0259. The van der Waals surface area contributed by atoms with Gasteiger partial charge in [-0.25, -0.2) is 4.79 Å². The minimum atomic E-state index is -0.114. The molecule has 0 aliphatic carbocycles. The molecular weight excluding hydrogens is 344 g/mol. The van der Waals surface area contributed by atoms with Crippen molar-refractivity contribution in [2.24, 2.45) is 0 Å². The fraction of sp³-hybridized carbons (Fsp3) is 0.550. The van der Waals surface area contributed by atoms with Crippen LogP contribution in [0, 0.1) is 0 Å². The number of nitrogens with zero attached hydrogens (tertiary/aromatic N) is 2. The Kier molecular flexibility index (Phi) is 4.31. The second-order valence-corrected chi connectivity index (χ2v) is 8.18. The minimum Gasteiger partial charge on any atom is -0.497 e. The molecule has 1 spiro atoms. The van der Waals surface area contributed by atoms with Crippen molar-refractivity contribution in [3.8, 4) is 5.75 Å². The van der Waals surface area contributed by atoms with Gasteiger partial charge in [-0.1, -0.05) is 0 Å². The standard InChI is InChI=1S/C20H28N4O3/c1-12(2)21-19(26)24-10-20(11-24)9-23(3)16(8-25)18-17(20)14-6-5-13(27-4)7-15(14)22-18/h5-7,12,16,22,25H,8-11H2,1-4H3,(H,21,26)/t16-/m0/s1. The number of methoxy groups -OCH3 is 1. The highest BCUT2D eigenvalue weighted by molar-refractivity contribution is 5.88. The van der Waals surface area contributed by atoms with Crippen LogP contribution in [-0.2, 0) is 5.41 Å². The summed E-state index contributed by atoms with van der Waals surface area (Å²) in [5.41, 5.74) is 3.19. The summed E-state index contributed by atoms with van der Waals surface area (Å²) in [7, 11) is 3.70. The van der Waals surface area contributed by atoms with Gasteiger partial charge in [0.05, 0.1) is 19.8 Å². The van der Waals surface area contributed by atoms with Crippen LogP contribution in [0.4, 0.5) is 4.79 Å². The molecule has 0 saturated carbocycles. The topological polar surface area (TPSA) is 80.8 Å². The van der Waals surface area contributed by atoms with Crippen LogP contribution in [0.1, 0.15) is 31.1 Å². The first-order chi connectivity index (χ1) is 12.9. The molecule has 3 N–H and O–H groups in total. The molecule has 7 heteroatoms. The number of carbonyl (C=O) groups is 1. The fourth-order valence-electron chi connectivity index (χ4n) is 4.69. The number of aromatic amines is 1. The van der Waals surface area contributed by atoms with E-state index in [1.807, 2.05) is 37.9 Å². The first-order valence-electron chi connectivity index (χ1n) is 9.45. The zero-order valence-corrected chi connectivity index (χ0v) is 16.4. The molecule has 1 aromatic carbocycles. The molecule has 146 valence electrons. The summed E-state index contributed by atoms with van der Waals surface area (Å²) in [5, 5.41) is 14.1. The first kappa shape index (κ1) is 18.1. The molecule has 4 rings (SSSR count). The van der Waals surface area contributed by atoms with Crippen LogP contribution in [0.3, 0.4) is 0 Å². The van der Waals surface area contributed by atoms with Gasteiger partial charge in [0, 0.05) is 53.8 Å². The lowest BCUT2D eigenvalue weighted by Gasteiger charge is -2.55. The highest BCUT2D eigenvalue weighted by Gasteiger charge is 2.53. The Morgan fingerprint density at radius 2 is 2.15 bits per heavy atom. The molecule has 1 aromatic heterocycles. The molecule has 1 saturated heterocycles. The summed E-state index contributed by atoms with van der Waals surface area (Å²) in [6, 6.07) is 6.10. The van der Waals surface area contributed by atoms with Gasteiger partial charge in [0.1, 0.15) is 5.75 Å². The van der Waals surface area contributed by atoms with Gasteiger partial charge in [-0.05, 0) is 38.6 Å². The van der Waals surface area contributed by atoms with Gasteiger partial charge in [-0.3, -0.25) is 4.90 Å². The third-order valence-corrected chi connectivity index (χ3v) is 5.84. The van der Waals surface area contributed by atoms with Gasteiger partial charge >= 0.3 is 6.03 Å². The molecule has 2 aliphatic heterocycles. The summed E-state index contributed by atoms with van der Waals surface area (Å²) < 4.78 is 5.37. The Labute approximate surface area is 159 Å². The number of amides is 2. The van der Waals surface area contributed by atoms with Crippen LogP contribution >= 0.6 is 0 Å². The van der Waals surface area contributed by atoms with Gasteiger partial charge in [0.25, 0.3) is 0 Å². The molecule has 7 nitrogen and oxygen atoms in total. The van der Waals surface area contributed by atoms with Crippen LogP contribution in [0.15, 0.2) is 18.2 Å². The maximum atomic E-state index is 12.4. The molecule has 2 aromatic rings. The SMILES string of the molecule is COc1ccc2c3c([nH]c2c1)[C@H](CO)N(C)CC31CN(C(=O)NC(C)C)C1. The van der Waals surface area contributed by atoms with Gasteiger partial charge < -0.3 is 25.0 Å². The molecule has 0 unspecified atom stereocenters. The highest BCUT2D eigenvalue weighted by atomic mass is 16.5. The van der Waals surface area contributed by atoms with E-state index in [0.29, 0.717) is 13.1 Å². The zero-order valence-electron chi connectivity index (χ0n) is 16.4. The summed E-state index contributed by atoms with van der Waals surface area (Å²) in [6.07, 6.45) is 0. The van der Waals surface area contributed by atoms with E-state index in [-0.39, 0.29) is 30.1 Å². The fourth-order valence-corrected chi connectivity index (χ4v) is 4.69. The average molecular weight is 372 g/mol. The number of aromatic nitrogens is 1. The van der Waals surface area contributed by atoms with E-state index in [1.165, 1.54) is 5.56 Å². The lowest BCUT2D eigenvalue weighted by Crippen LogP contribution is -2.68. The number of likely N-dealkylation sites (N-methyl/N-ethyl adjacent to an activating group) is 1. The molecule has 0 radical (unpaired) electrons. The van der Waals surface area contributed by atoms with Crippen molar-refractivity contribution >= 4 is 16.9 Å². The summed E-state index contributed by atoms with van der Waals surface area (Å²) in [5.74, 6) is 0.801. The highest BCUT2D eigenvalue weighted by Crippen LogP contribution is 2.48. The molecule has 1 fully saturated rings. The molecule has 27 heavy (non-hydrogen) atoms. The predicted molar refractivity (Wildman–Crippen MR) is 104 cm³/mol. The molecule has 2 amide bonds. The average Bonchev–Trinajstić information content (AvgIpc) is 2.96. The lowest BCUT2D eigenvalue weighted by atomic mass is 9.69. The van der Waals surface area contributed by atoms with E-state index in [4.69, 9.17) is 4.74 Å². The van der Waals surface area contributed by atoms with E-state index in [9.17, 15) is 9.90 Å². The van der Waals surface area contributed by atoms with Crippen LogP contribution in [0.25, 0.3) is 10.9 Å². The molecule has 3 heterocycles. The van der Waals surface area contributed by atoms with Crippen LogP contribution in [0.2, 0.25) is 0 Å². The van der Waals surface area contributed by atoms with Crippen molar-refractivity contribution in [2.45, 2.75) is 31.3 Å². The Hall–Kier alpha value is -2.25. The number of ether oxygens (including phenoxy) is 1. The number of H-pyrrole nitrogens is 1. The van der Waals surface area contributed by atoms with Crippen molar-refractivity contribution in [3.05, 3.63) is 29.5 Å². The van der Waals surface area contributed by atoms with Gasteiger partial charge in [0.2, 0.25) is 0 Å². The maximum Gasteiger partial charge on any atom is 0.317 e. The number of hydrogen-bond acceptors (Lipinski definition) is 4. The Balaban J connectivity index is 1.75. The zero-order chi connectivity index (χ0) is 19.3. The number of aliphatic hydroxyl groups excluding tert-OH is 1. The molecular formula is C20H28N4O3. The smallest absolute Gasteiger partial charge is 0.317 e. The number of fused-ring (bicyclic) bond motifs is 4. The second-order valence-electron chi connectivity index (χ2n) is 8.18. The largest absolute Gasteiger partial charge is 0.497 e. The van der Waals surface area contributed by atoms with Crippen LogP contribution in [-0.4, -0.2) is 72.4 Å². The second kappa shape index (κ2) is 6.42. The number of aliphatic hydroxyl groups is 1. The predicted octanol–water partition coefficient (Wildman–Crippen LogP) is 1.83.